The molecule has 3 unspecified atom stereocenters. The van der Waals surface area contributed by atoms with E-state index >= 15 is 0 Å². The fraction of sp³-hybridized carbons (Fsp3) is 0.897. The number of hydrogen-bond donors (Lipinski definition) is 3. The molecule has 456 valence electrons. The highest BCUT2D eigenvalue weighted by Crippen LogP contribution is 2.43. The first kappa shape index (κ1) is 75.7. The maximum atomic E-state index is 13.0. The van der Waals surface area contributed by atoms with Gasteiger partial charge < -0.3 is 19.8 Å². The Hall–Kier alpha value is -1.28. The number of hydrogen-bond acceptors (Lipinski definition) is 5. The average molecular weight is 1110 g/mol. The normalized spacial score (nSPS) is 13.9. The Morgan fingerprint density at radius 3 is 1.04 bits per heavy atom. The van der Waals surface area contributed by atoms with E-state index in [2.05, 4.69) is 43.5 Å². The number of nitrogens with zero attached hydrogens (tertiary/aromatic N) is 1. The molecule has 1 amide bonds. The van der Waals surface area contributed by atoms with Gasteiger partial charge in [-0.25, -0.2) is 4.57 Å². The van der Waals surface area contributed by atoms with Crippen molar-refractivity contribution in [1.82, 2.24) is 5.32 Å². The zero-order chi connectivity index (χ0) is 56.3. The van der Waals surface area contributed by atoms with Gasteiger partial charge in [-0.3, -0.25) is 13.8 Å². The number of carbonyl (C=O) groups is 1. The number of rotatable bonds is 63. The number of aliphatic hydroxyl groups is 1. The molecule has 0 bridgehead atoms. The number of aliphatic hydroxyl groups excluding tert-OH is 1. The van der Waals surface area contributed by atoms with Crippen molar-refractivity contribution in [3.05, 3.63) is 36.5 Å². The summed E-state index contributed by atoms with van der Waals surface area (Å²) in [7, 11) is 1.56. The lowest BCUT2D eigenvalue weighted by molar-refractivity contribution is -0.870. The molecule has 3 atom stereocenters. The maximum Gasteiger partial charge on any atom is 0.472 e. The Bertz CT molecular complexity index is 1350. The van der Waals surface area contributed by atoms with Gasteiger partial charge in [-0.2, -0.15) is 0 Å². The fourth-order valence-electron chi connectivity index (χ4n) is 10.3. The first-order valence-electron chi connectivity index (χ1n) is 33.9. The van der Waals surface area contributed by atoms with Crippen molar-refractivity contribution in [2.24, 2.45) is 0 Å². The first-order chi connectivity index (χ1) is 37.5. The molecule has 0 aliphatic rings. The summed E-state index contributed by atoms with van der Waals surface area (Å²) in [5.74, 6) is -0.184. The molecular formula is C68H134N2O6P+. The van der Waals surface area contributed by atoms with Gasteiger partial charge in [-0.15, -0.1) is 0 Å². The lowest BCUT2D eigenvalue weighted by Crippen LogP contribution is -2.45. The minimum atomic E-state index is -4.36. The molecule has 0 heterocycles. The molecule has 0 aliphatic heterocycles. The number of quaternary nitrogens is 1. The van der Waals surface area contributed by atoms with Crippen LogP contribution in [0.25, 0.3) is 0 Å². The molecule has 0 spiro atoms. The molecule has 0 saturated heterocycles. The van der Waals surface area contributed by atoms with Crippen LogP contribution < -0.4 is 5.32 Å². The lowest BCUT2D eigenvalue weighted by Gasteiger charge is -2.25. The number of phosphoric ester groups is 1. The number of unbranched alkanes of at least 4 members (excludes halogenated alkanes) is 46. The predicted molar refractivity (Wildman–Crippen MR) is 337 cm³/mol. The molecule has 0 fully saturated rings. The number of likely N-dealkylation sites (N-methyl/N-ethyl adjacent to an activating group) is 1. The van der Waals surface area contributed by atoms with Crippen molar-refractivity contribution >= 4 is 13.7 Å². The van der Waals surface area contributed by atoms with Crippen LogP contribution >= 0.6 is 7.82 Å². The van der Waals surface area contributed by atoms with Crippen LogP contribution in [0.4, 0.5) is 0 Å². The molecular weight excluding hydrogens is 972 g/mol. The fourth-order valence-corrected chi connectivity index (χ4v) is 11.1. The summed E-state index contributed by atoms with van der Waals surface area (Å²) in [6.07, 6.45) is 78.8. The summed E-state index contributed by atoms with van der Waals surface area (Å²) in [6, 6.07) is -0.868. The van der Waals surface area contributed by atoms with Gasteiger partial charge in [-0.1, -0.05) is 326 Å². The molecule has 0 radical (unpaired) electrons. The van der Waals surface area contributed by atoms with E-state index < -0.39 is 20.0 Å². The van der Waals surface area contributed by atoms with Gasteiger partial charge in [0.05, 0.1) is 39.9 Å². The van der Waals surface area contributed by atoms with E-state index in [0.717, 1.165) is 44.9 Å². The third kappa shape index (κ3) is 62.2. The number of amides is 1. The maximum absolute atomic E-state index is 13.0. The van der Waals surface area contributed by atoms with E-state index in [1.165, 1.54) is 276 Å². The van der Waals surface area contributed by atoms with Crippen molar-refractivity contribution in [3.63, 3.8) is 0 Å². The minimum Gasteiger partial charge on any atom is -0.387 e. The van der Waals surface area contributed by atoms with Crippen LogP contribution in [0.1, 0.15) is 341 Å². The van der Waals surface area contributed by atoms with E-state index in [1.807, 2.05) is 27.2 Å². The minimum absolute atomic E-state index is 0.0552. The van der Waals surface area contributed by atoms with Crippen molar-refractivity contribution in [1.29, 1.82) is 0 Å². The second-order valence-electron chi connectivity index (χ2n) is 24.5. The summed E-state index contributed by atoms with van der Waals surface area (Å²) in [5.41, 5.74) is 0. The molecule has 9 heteroatoms. The van der Waals surface area contributed by atoms with Crippen LogP contribution in [-0.2, 0) is 18.4 Å². The first-order valence-corrected chi connectivity index (χ1v) is 35.4. The van der Waals surface area contributed by atoms with Gasteiger partial charge in [0, 0.05) is 6.42 Å². The largest absolute Gasteiger partial charge is 0.472 e. The van der Waals surface area contributed by atoms with Gasteiger partial charge in [0.1, 0.15) is 13.2 Å². The third-order valence-corrected chi connectivity index (χ3v) is 16.6. The van der Waals surface area contributed by atoms with E-state index in [1.54, 1.807) is 6.08 Å². The molecule has 8 nitrogen and oxygen atoms in total. The van der Waals surface area contributed by atoms with Crippen LogP contribution in [0, 0.1) is 0 Å². The van der Waals surface area contributed by atoms with Gasteiger partial charge in [0.15, 0.2) is 0 Å². The molecule has 77 heavy (non-hydrogen) atoms. The number of carbonyl (C=O) groups excluding carboxylic acids is 1. The van der Waals surface area contributed by atoms with Gasteiger partial charge in [0.25, 0.3) is 0 Å². The molecule has 0 aliphatic carbocycles. The van der Waals surface area contributed by atoms with E-state index in [9.17, 15) is 19.4 Å². The number of nitrogens with one attached hydrogen (secondary N) is 1. The summed E-state index contributed by atoms with van der Waals surface area (Å²) < 4.78 is 23.7. The highest BCUT2D eigenvalue weighted by Gasteiger charge is 2.28. The van der Waals surface area contributed by atoms with Gasteiger partial charge in [-0.05, 0) is 44.9 Å². The lowest BCUT2D eigenvalue weighted by atomic mass is 10.0. The molecule has 0 aromatic carbocycles. The van der Waals surface area contributed by atoms with Crippen molar-refractivity contribution in [2.75, 3.05) is 40.9 Å². The Labute approximate surface area is 480 Å². The molecule has 0 aromatic heterocycles. The van der Waals surface area contributed by atoms with Gasteiger partial charge >= 0.3 is 7.82 Å². The zero-order valence-corrected chi connectivity index (χ0v) is 53.1. The zero-order valence-electron chi connectivity index (χ0n) is 52.2. The summed E-state index contributed by atoms with van der Waals surface area (Å²) in [6.45, 7) is 4.83. The van der Waals surface area contributed by atoms with Crippen LogP contribution in [-0.4, -0.2) is 73.4 Å². The van der Waals surface area contributed by atoms with E-state index in [0.29, 0.717) is 17.4 Å². The Morgan fingerprint density at radius 2 is 0.714 bits per heavy atom. The van der Waals surface area contributed by atoms with E-state index in [-0.39, 0.29) is 19.1 Å². The average Bonchev–Trinajstić information content (AvgIpc) is 3.39. The second kappa shape index (κ2) is 59.3. The van der Waals surface area contributed by atoms with E-state index in [4.69, 9.17) is 9.05 Å². The van der Waals surface area contributed by atoms with Crippen LogP contribution in [0.5, 0.6) is 0 Å². The monoisotopic (exact) mass is 1110 g/mol. The number of allylic oxidation sites excluding steroid dienone is 5. The molecule has 0 rings (SSSR count). The smallest absolute Gasteiger partial charge is 0.387 e. The molecule has 0 saturated carbocycles. The third-order valence-electron chi connectivity index (χ3n) is 15.6. The van der Waals surface area contributed by atoms with Crippen molar-refractivity contribution in [3.8, 4) is 0 Å². The quantitative estimate of drug-likeness (QED) is 0.0243. The van der Waals surface area contributed by atoms with Crippen LogP contribution in [0.2, 0.25) is 0 Å². The highest BCUT2D eigenvalue weighted by atomic mass is 31.2. The predicted octanol–water partition coefficient (Wildman–Crippen LogP) is 21.3. The second-order valence-corrected chi connectivity index (χ2v) is 26.0. The topological polar surface area (TPSA) is 105 Å². The Balaban J connectivity index is 3.99. The van der Waals surface area contributed by atoms with Crippen LogP contribution in [0.3, 0.4) is 0 Å². The van der Waals surface area contributed by atoms with Gasteiger partial charge in [0.2, 0.25) is 5.91 Å². The van der Waals surface area contributed by atoms with Crippen molar-refractivity contribution in [2.45, 2.75) is 353 Å². The molecule has 3 N–H and O–H groups in total. The standard InChI is InChI=1S/C68H133N2O6P/c1-6-8-10-12-14-16-18-20-22-24-26-27-28-29-30-31-32-33-34-35-36-37-38-39-40-41-42-44-46-48-50-52-54-56-58-60-62-68(72)69-66(65-76-77(73,74)75-64-63-70(3,4)5)67(71)61-59-57-55-53-51-49-47-45-43-25-23-21-19-17-15-13-11-9-7-2/h43,45,51,53,59,61,66-67,71H,6-42,44,46-50,52,54-58,60,62-65H2,1-5H3,(H-,69,72,73,74)/p+1/b45-43+,53-51+,61-59+. The SMILES string of the molecule is CCCCCCCCCCC/C=C/CC/C=C/CC/C=C/C(O)C(COP(=O)(O)OCC[N+](C)(C)C)NC(=O)CCCCCCCCCCCCCCCCCCCCCCCCCCCCCCCCCCCCCC. The Kier molecular flexibility index (Phi) is 58.4. The van der Waals surface area contributed by atoms with Crippen molar-refractivity contribution < 1.29 is 32.9 Å². The van der Waals surface area contributed by atoms with Crippen LogP contribution in [0.15, 0.2) is 36.5 Å². The highest BCUT2D eigenvalue weighted by molar-refractivity contribution is 7.47. The molecule has 0 aromatic rings. The Morgan fingerprint density at radius 1 is 0.429 bits per heavy atom. The summed E-state index contributed by atoms with van der Waals surface area (Å²) in [5, 5.41) is 13.9. The summed E-state index contributed by atoms with van der Waals surface area (Å²) >= 11 is 0. The summed E-state index contributed by atoms with van der Waals surface area (Å²) in [4.78, 5) is 23.4. The number of phosphoric acid groups is 1.